The highest BCUT2D eigenvalue weighted by atomic mass is 79.9. The van der Waals surface area contributed by atoms with Gasteiger partial charge in [0.2, 0.25) is 0 Å². The third-order valence-corrected chi connectivity index (χ3v) is 5.42. The molecule has 0 atom stereocenters. The second kappa shape index (κ2) is 12.0. The first-order valence-electron chi connectivity index (χ1n) is 10.7. The number of carbonyl (C=O) groups is 2. The number of hydrogen-bond donors (Lipinski definition) is 1. The lowest BCUT2D eigenvalue weighted by Gasteiger charge is -2.13. The Hall–Kier alpha value is -3.85. The highest BCUT2D eigenvalue weighted by Gasteiger charge is 2.17. The Bertz CT molecular complexity index is 1240. The van der Waals surface area contributed by atoms with Crippen LogP contribution in [0.15, 0.2) is 64.2 Å². The lowest BCUT2D eigenvalue weighted by Crippen LogP contribution is -2.18. The van der Waals surface area contributed by atoms with E-state index in [1.165, 1.54) is 13.3 Å². The second-order valence-corrected chi connectivity index (χ2v) is 8.14. The molecule has 1 N–H and O–H groups in total. The first kappa shape index (κ1) is 25.8. The molecule has 0 unspecified atom stereocenters. The fraction of sp³-hybridized carbons (Fsp3) is 0.192. The molecule has 1 amide bonds. The number of ether oxygens (including phenoxy) is 4. The topological polar surface area (TPSA) is 95.5 Å². The van der Waals surface area contributed by atoms with Gasteiger partial charge in [-0.2, -0.15) is 5.10 Å². The summed E-state index contributed by atoms with van der Waals surface area (Å²) < 4.78 is 22.2. The van der Waals surface area contributed by atoms with Crippen LogP contribution in [0.5, 0.6) is 23.0 Å². The van der Waals surface area contributed by atoms with Crippen molar-refractivity contribution in [2.45, 2.75) is 13.8 Å². The maximum absolute atomic E-state index is 12.6. The molecule has 0 bridgehead atoms. The van der Waals surface area contributed by atoms with Gasteiger partial charge >= 0.3 is 5.97 Å². The minimum Gasteiger partial charge on any atom is -0.497 e. The van der Waals surface area contributed by atoms with E-state index in [4.69, 9.17) is 18.9 Å². The standard InChI is InChI=1S/C26H25BrN2O6/c1-5-34-23-14-17(15-28-29-25(30)20-11-6-16(2)12-22(20)33-4)13-21(27)24(23)35-26(31)18-7-9-19(32-3)10-8-18/h6-15H,5H2,1-4H3,(H,29,30)/b28-15-. The van der Waals surface area contributed by atoms with Crippen molar-refractivity contribution >= 4 is 34.0 Å². The summed E-state index contributed by atoms with van der Waals surface area (Å²) in [6, 6.07) is 15.2. The summed E-state index contributed by atoms with van der Waals surface area (Å²) in [6.07, 6.45) is 1.46. The average molecular weight is 541 g/mol. The Balaban J connectivity index is 1.77. The number of nitrogens with one attached hydrogen (secondary N) is 1. The van der Waals surface area contributed by atoms with Gasteiger partial charge in [-0.05, 0) is 89.4 Å². The number of amides is 1. The molecule has 0 aliphatic carbocycles. The minimum atomic E-state index is -0.546. The van der Waals surface area contributed by atoms with E-state index in [1.54, 1.807) is 55.6 Å². The highest BCUT2D eigenvalue weighted by Crippen LogP contribution is 2.37. The predicted molar refractivity (Wildman–Crippen MR) is 136 cm³/mol. The molecule has 0 aliphatic rings. The van der Waals surface area contributed by atoms with Crippen molar-refractivity contribution in [1.29, 1.82) is 0 Å². The van der Waals surface area contributed by atoms with Crippen LogP contribution in [0.3, 0.4) is 0 Å². The summed E-state index contributed by atoms with van der Waals surface area (Å²) in [5.41, 5.74) is 4.80. The quantitative estimate of drug-likeness (QED) is 0.174. The fourth-order valence-corrected chi connectivity index (χ4v) is 3.66. The molecule has 182 valence electrons. The highest BCUT2D eigenvalue weighted by molar-refractivity contribution is 9.10. The summed E-state index contributed by atoms with van der Waals surface area (Å²) in [5.74, 6) is 0.716. The summed E-state index contributed by atoms with van der Waals surface area (Å²) >= 11 is 3.43. The number of rotatable bonds is 9. The van der Waals surface area contributed by atoms with Crippen LogP contribution < -0.4 is 24.4 Å². The Labute approximate surface area is 212 Å². The predicted octanol–water partition coefficient (Wildman–Crippen LogP) is 5.16. The number of nitrogens with zero attached hydrogens (tertiary/aromatic N) is 1. The van der Waals surface area contributed by atoms with Crippen molar-refractivity contribution in [3.05, 3.63) is 81.3 Å². The van der Waals surface area contributed by atoms with E-state index in [0.717, 1.165) is 5.56 Å². The molecule has 0 spiro atoms. The number of carbonyl (C=O) groups excluding carboxylic acids is 2. The molecule has 0 aromatic heterocycles. The number of benzene rings is 3. The van der Waals surface area contributed by atoms with Gasteiger partial charge in [0.15, 0.2) is 11.5 Å². The van der Waals surface area contributed by atoms with E-state index in [9.17, 15) is 9.59 Å². The van der Waals surface area contributed by atoms with Crippen LogP contribution in [0.2, 0.25) is 0 Å². The van der Waals surface area contributed by atoms with Gasteiger partial charge in [0.1, 0.15) is 11.5 Å². The van der Waals surface area contributed by atoms with E-state index in [0.29, 0.717) is 45.0 Å². The Morgan fingerprint density at radius 1 is 1.00 bits per heavy atom. The van der Waals surface area contributed by atoms with Crippen LogP contribution in [-0.4, -0.2) is 38.9 Å². The number of esters is 1. The third kappa shape index (κ3) is 6.60. The van der Waals surface area contributed by atoms with Gasteiger partial charge < -0.3 is 18.9 Å². The Morgan fingerprint density at radius 3 is 2.40 bits per heavy atom. The molecule has 0 radical (unpaired) electrons. The lowest BCUT2D eigenvalue weighted by molar-refractivity contribution is 0.0726. The summed E-state index contributed by atoms with van der Waals surface area (Å²) in [7, 11) is 3.05. The molecule has 0 saturated heterocycles. The number of aryl methyl sites for hydroxylation is 1. The number of halogens is 1. The van der Waals surface area contributed by atoms with Crippen molar-refractivity contribution in [3.8, 4) is 23.0 Å². The molecule has 3 aromatic carbocycles. The van der Waals surface area contributed by atoms with Gasteiger partial charge in [-0.1, -0.05) is 6.07 Å². The molecule has 3 rings (SSSR count). The van der Waals surface area contributed by atoms with E-state index in [-0.39, 0.29) is 5.75 Å². The minimum absolute atomic E-state index is 0.234. The molecule has 0 aliphatic heterocycles. The normalized spacial score (nSPS) is 10.7. The van der Waals surface area contributed by atoms with E-state index >= 15 is 0 Å². The third-order valence-electron chi connectivity index (χ3n) is 4.83. The zero-order valence-corrected chi connectivity index (χ0v) is 21.3. The number of hydrogen-bond acceptors (Lipinski definition) is 7. The van der Waals surface area contributed by atoms with Crippen molar-refractivity contribution in [3.63, 3.8) is 0 Å². The van der Waals surface area contributed by atoms with Crippen LogP contribution >= 0.6 is 15.9 Å². The van der Waals surface area contributed by atoms with Gasteiger partial charge in [0.05, 0.1) is 42.6 Å². The van der Waals surface area contributed by atoms with Crippen molar-refractivity contribution in [2.24, 2.45) is 5.10 Å². The molecule has 0 fully saturated rings. The Morgan fingerprint density at radius 2 is 1.74 bits per heavy atom. The molecule has 0 saturated carbocycles. The monoisotopic (exact) mass is 540 g/mol. The number of methoxy groups -OCH3 is 2. The van der Waals surface area contributed by atoms with Crippen molar-refractivity contribution < 1.29 is 28.5 Å². The zero-order valence-electron chi connectivity index (χ0n) is 19.8. The Kier molecular flexibility index (Phi) is 8.86. The van der Waals surface area contributed by atoms with Crippen molar-refractivity contribution in [1.82, 2.24) is 5.43 Å². The molecular weight excluding hydrogens is 516 g/mol. The molecule has 3 aromatic rings. The van der Waals surface area contributed by atoms with Crippen LogP contribution in [0.1, 0.15) is 38.8 Å². The lowest BCUT2D eigenvalue weighted by atomic mass is 10.1. The number of hydrazone groups is 1. The maximum atomic E-state index is 12.6. The van der Waals surface area contributed by atoms with Crippen LogP contribution in [-0.2, 0) is 0 Å². The molecule has 8 nitrogen and oxygen atoms in total. The van der Waals surface area contributed by atoms with Gasteiger partial charge in [-0.25, -0.2) is 10.2 Å². The smallest absolute Gasteiger partial charge is 0.343 e. The van der Waals surface area contributed by atoms with Crippen molar-refractivity contribution in [2.75, 3.05) is 20.8 Å². The zero-order chi connectivity index (χ0) is 25.4. The SMILES string of the molecule is CCOc1cc(/C=N\NC(=O)c2ccc(C)cc2OC)cc(Br)c1OC(=O)c1ccc(OC)cc1. The summed E-state index contributed by atoms with van der Waals surface area (Å²) in [6.45, 7) is 4.08. The summed E-state index contributed by atoms with van der Waals surface area (Å²) in [4.78, 5) is 25.1. The molecule has 0 heterocycles. The average Bonchev–Trinajstić information content (AvgIpc) is 2.86. The summed E-state index contributed by atoms with van der Waals surface area (Å²) in [5, 5.41) is 4.04. The van der Waals surface area contributed by atoms with E-state index < -0.39 is 11.9 Å². The van der Waals surface area contributed by atoms with E-state index in [1.807, 2.05) is 19.9 Å². The van der Waals surface area contributed by atoms with Gasteiger partial charge in [-0.15, -0.1) is 0 Å². The largest absolute Gasteiger partial charge is 0.497 e. The fourth-order valence-electron chi connectivity index (χ4n) is 3.11. The van der Waals surface area contributed by atoms with Crippen LogP contribution in [0.25, 0.3) is 0 Å². The second-order valence-electron chi connectivity index (χ2n) is 7.28. The molecule has 9 heteroatoms. The first-order valence-corrected chi connectivity index (χ1v) is 11.5. The van der Waals surface area contributed by atoms with Gasteiger partial charge in [0, 0.05) is 0 Å². The maximum Gasteiger partial charge on any atom is 0.343 e. The molecular formula is C26H25BrN2O6. The van der Waals surface area contributed by atoms with Gasteiger partial charge in [-0.3, -0.25) is 4.79 Å². The first-order chi connectivity index (χ1) is 16.9. The van der Waals surface area contributed by atoms with Crippen LogP contribution in [0, 0.1) is 6.92 Å². The van der Waals surface area contributed by atoms with Gasteiger partial charge in [0.25, 0.3) is 5.91 Å². The molecule has 35 heavy (non-hydrogen) atoms. The van der Waals surface area contributed by atoms with Crippen LogP contribution in [0.4, 0.5) is 0 Å². The van der Waals surface area contributed by atoms with E-state index in [2.05, 4.69) is 26.5 Å².